The Bertz CT molecular complexity index is 676. The lowest BCUT2D eigenvalue weighted by Gasteiger charge is -1.95. The van der Waals surface area contributed by atoms with Crippen LogP contribution >= 0.6 is 0 Å². The van der Waals surface area contributed by atoms with Crippen molar-refractivity contribution in [3.63, 3.8) is 0 Å². The predicted octanol–water partition coefficient (Wildman–Crippen LogP) is 2.61. The Balaban J connectivity index is 2.18. The largest absolute Gasteiger partial charge is 0.451 e. The second kappa shape index (κ2) is 3.55. The van der Waals surface area contributed by atoms with Crippen molar-refractivity contribution in [2.75, 3.05) is 5.73 Å². The summed E-state index contributed by atoms with van der Waals surface area (Å²) in [6, 6.07) is 6.48. The number of hydrogen-bond donors (Lipinski definition) is 1. The molecule has 4 nitrogen and oxygen atoms in total. The predicted molar refractivity (Wildman–Crippen MR) is 61.6 cm³/mol. The molecule has 17 heavy (non-hydrogen) atoms. The van der Waals surface area contributed by atoms with Crippen molar-refractivity contribution in [1.82, 2.24) is 9.97 Å². The van der Waals surface area contributed by atoms with E-state index in [1.165, 1.54) is 18.5 Å². The number of nitrogens with two attached hydrogens (primary N) is 1. The quantitative estimate of drug-likeness (QED) is 0.696. The van der Waals surface area contributed by atoms with Gasteiger partial charge in [-0.3, -0.25) is 0 Å². The molecular weight excluding hydrogens is 221 g/mol. The fraction of sp³-hybridized carbons (Fsp3) is 0. The zero-order valence-electron chi connectivity index (χ0n) is 8.72. The van der Waals surface area contributed by atoms with Gasteiger partial charge in [0.25, 0.3) is 0 Å². The van der Waals surface area contributed by atoms with Gasteiger partial charge in [-0.1, -0.05) is 12.1 Å². The number of benzene rings is 1. The molecule has 0 spiro atoms. The van der Waals surface area contributed by atoms with Gasteiger partial charge < -0.3 is 10.2 Å². The molecule has 1 aromatic carbocycles. The van der Waals surface area contributed by atoms with Crippen LogP contribution < -0.4 is 5.73 Å². The summed E-state index contributed by atoms with van der Waals surface area (Å²) >= 11 is 0. The van der Waals surface area contributed by atoms with Crippen LogP contribution in [0.3, 0.4) is 0 Å². The standard InChI is InChI=1S/C12H8FN3O/c13-8-3-1-2-7-4-10(17-12(7)8)9-5-16-11(14)6-15-9/h1-6H,(H2,14,16). The van der Waals surface area contributed by atoms with Crippen LogP contribution in [-0.4, -0.2) is 9.97 Å². The topological polar surface area (TPSA) is 64.9 Å². The van der Waals surface area contributed by atoms with E-state index in [-0.39, 0.29) is 5.58 Å². The minimum atomic E-state index is -0.392. The summed E-state index contributed by atoms with van der Waals surface area (Å²) in [4.78, 5) is 7.98. The number of rotatable bonds is 1. The number of para-hydroxylation sites is 1. The lowest BCUT2D eigenvalue weighted by molar-refractivity contribution is 0.567. The van der Waals surface area contributed by atoms with E-state index < -0.39 is 5.82 Å². The lowest BCUT2D eigenvalue weighted by atomic mass is 10.2. The Morgan fingerprint density at radius 2 is 2.06 bits per heavy atom. The fourth-order valence-corrected chi connectivity index (χ4v) is 1.62. The van der Waals surface area contributed by atoms with Crippen molar-refractivity contribution < 1.29 is 8.81 Å². The third kappa shape index (κ3) is 1.61. The first-order valence-electron chi connectivity index (χ1n) is 5.00. The first-order chi connectivity index (χ1) is 8.24. The summed E-state index contributed by atoms with van der Waals surface area (Å²) in [5.74, 6) is 0.408. The van der Waals surface area contributed by atoms with Gasteiger partial charge in [-0.15, -0.1) is 0 Å². The minimum Gasteiger partial charge on any atom is -0.451 e. The second-order valence-electron chi connectivity index (χ2n) is 3.60. The van der Waals surface area contributed by atoms with Crippen molar-refractivity contribution in [2.45, 2.75) is 0 Å². The van der Waals surface area contributed by atoms with Crippen LogP contribution in [0.4, 0.5) is 10.2 Å². The van der Waals surface area contributed by atoms with Gasteiger partial charge in [0.05, 0.1) is 12.4 Å². The van der Waals surface area contributed by atoms with E-state index in [4.69, 9.17) is 10.2 Å². The van der Waals surface area contributed by atoms with Gasteiger partial charge in [-0.2, -0.15) is 0 Å². The van der Waals surface area contributed by atoms with Crippen LogP contribution in [0.1, 0.15) is 0 Å². The number of nitrogen functional groups attached to an aromatic ring is 1. The summed E-state index contributed by atoms with van der Waals surface area (Å²) in [6.45, 7) is 0. The summed E-state index contributed by atoms with van der Waals surface area (Å²) < 4.78 is 18.8. The molecule has 0 fully saturated rings. The number of fused-ring (bicyclic) bond motifs is 1. The highest BCUT2D eigenvalue weighted by molar-refractivity contribution is 5.82. The Morgan fingerprint density at radius 1 is 1.18 bits per heavy atom. The maximum absolute atomic E-state index is 13.4. The molecule has 0 amide bonds. The van der Waals surface area contributed by atoms with Crippen molar-refractivity contribution in [3.8, 4) is 11.5 Å². The number of hydrogen-bond acceptors (Lipinski definition) is 4. The Hall–Kier alpha value is -2.43. The van der Waals surface area contributed by atoms with E-state index in [9.17, 15) is 4.39 Å². The Kier molecular flexibility index (Phi) is 2.04. The third-order valence-corrected chi connectivity index (χ3v) is 2.42. The van der Waals surface area contributed by atoms with Crippen molar-refractivity contribution in [2.24, 2.45) is 0 Å². The molecule has 0 aliphatic carbocycles. The minimum absolute atomic E-state index is 0.223. The molecule has 0 aliphatic heterocycles. The zero-order chi connectivity index (χ0) is 11.8. The van der Waals surface area contributed by atoms with Crippen molar-refractivity contribution in [3.05, 3.63) is 42.5 Å². The molecule has 0 radical (unpaired) electrons. The fourth-order valence-electron chi connectivity index (χ4n) is 1.62. The molecule has 84 valence electrons. The normalized spacial score (nSPS) is 10.9. The van der Waals surface area contributed by atoms with E-state index in [0.717, 1.165) is 0 Å². The van der Waals surface area contributed by atoms with Crippen LogP contribution in [0.25, 0.3) is 22.4 Å². The smallest absolute Gasteiger partial charge is 0.170 e. The van der Waals surface area contributed by atoms with Gasteiger partial charge in [-0.25, -0.2) is 14.4 Å². The van der Waals surface area contributed by atoms with E-state index in [1.54, 1.807) is 18.2 Å². The molecule has 3 rings (SSSR count). The first kappa shape index (κ1) is 9.77. The summed E-state index contributed by atoms with van der Waals surface area (Å²) in [7, 11) is 0. The van der Waals surface area contributed by atoms with Crippen LogP contribution in [0, 0.1) is 5.82 Å². The van der Waals surface area contributed by atoms with Crippen LogP contribution in [0.15, 0.2) is 41.1 Å². The Labute approximate surface area is 95.9 Å². The Morgan fingerprint density at radius 3 is 2.76 bits per heavy atom. The van der Waals surface area contributed by atoms with Crippen LogP contribution in [0.5, 0.6) is 0 Å². The van der Waals surface area contributed by atoms with Gasteiger partial charge in [0.1, 0.15) is 11.5 Å². The molecule has 2 aromatic heterocycles. The maximum atomic E-state index is 13.4. The average Bonchev–Trinajstić information content (AvgIpc) is 2.75. The van der Waals surface area contributed by atoms with Crippen LogP contribution in [-0.2, 0) is 0 Å². The molecule has 0 unspecified atom stereocenters. The van der Waals surface area contributed by atoms with Crippen molar-refractivity contribution >= 4 is 16.8 Å². The van der Waals surface area contributed by atoms with Crippen molar-refractivity contribution in [1.29, 1.82) is 0 Å². The molecule has 0 atom stereocenters. The highest BCUT2D eigenvalue weighted by Crippen LogP contribution is 2.27. The molecule has 0 bridgehead atoms. The number of anilines is 1. The van der Waals surface area contributed by atoms with E-state index in [2.05, 4.69) is 9.97 Å². The number of furan rings is 1. The molecule has 2 heterocycles. The first-order valence-corrected chi connectivity index (χ1v) is 5.00. The average molecular weight is 229 g/mol. The van der Waals surface area contributed by atoms with Gasteiger partial charge in [0.2, 0.25) is 0 Å². The molecule has 0 saturated carbocycles. The highest BCUT2D eigenvalue weighted by Gasteiger charge is 2.10. The number of aromatic nitrogens is 2. The molecular formula is C12H8FN3O. The summed E-state index contributed by atoms with van der Waals surface area (Å²) in [5, 5.41) is 0.693. The van der Waals surface area contributed by atoms with E-state index >= 15 is 0 Å². The van der Waals surface area contributed by atoms with E-state index in [0.29, 0.717) is 22.7 Å². The van der Waals surface area contributed by atoms with Crippen LogP contribution in [0.2, 0.25) is 0 Å². The van der Waals surface area contributed by atoms with Gasteiger partial charge in [0, 0.05) is 5.39 Å². The number of nitrogens with zero attached hydrogens (tertiary/aromatic N) is 2. The molecule has 3 aromatic rings. The third-order valence-electron chi connectivity index (χ3n) is 2.42. The molecule has 0 aliphatic rings. The lowest BCUT2D eigenvalue weighted by Crippen LogP contribution is -1.91. The second-order valence-corrected chi connectivity index (χ2v) is 3.60. The summed E-state index contributed by atoms with van der Waals surface area (Å²) in [5.41, 5.74) is 6.19. The zero-order valence-corrected chi connectivity index (χ0v) is 8.72. The van der Waals surface area contributed by atoms with Gasteiger partial charge in [0.15, 0.2) is 17.2 Å². The van der Waals surface area contributed by atoms with E-state index in [1.807, 2.05) is 0 Å². The number of halogens is 1. The SMILES string of the molecule is Nc1cnc(-c2cc3cccc(F)c3o2)cn1. The summed E-state index contributed by atoms with van der Waals surface area (Å²) in [6.07, 6.45) is 2.92. The highest BCUT2D eigenvalue weighted by atomic mass is 19.1. The van der Waals surface area contributed by atoms with Gasteiger partial charge >= 0.3 is 0 Å². The molecule has 0 saturated heterocycles. The maximum Gasteiger partial charge on any atom is 0.170 e. The van der Waals surface area contributed by atoms with Gasteiger partial charge in [-0.05, 0) is 12.1 Å². The monoisotopic (exact) mass is 229 g/mol. The molecule has 2 N–H and O–H groups in total. The molecule has 5 heteroatoms.